The number of hydrogen-bond acceptors (Lipinski definition) is 8. The van der Waals surface area contributed by atoms with Crippen LogP contribution in [0.3, 0.4) is 0 Å². The molecule has 22 heavy (non-hydrogen) atoms. The molecule has 0 saturated carbocycles. The lowest BCUT2D eigenvalue weighted by Crippen LogP contribution is -2.07. The van der Waals surface area contributed by atoms with Crippen LogP contribution >= 0.6 is 11.7 Å². The standard InChI is InChI=1S/C14H12N6OS/c1-3-16-9(4-6-15)10-11(12-8(2)5-7-21-12)18-14-13(17-10)19-22-20-14/h3-7H,1,15H2,2H3/b6-4-,16-9+. The van der Waals surface area contributed by atoms with Gasteiger partial charge < -0.3 is 10.2 Å². The van der Waals surface area contributed by atoms with E-state index in [0.717, 1.165) is 17.3 Å². The van der Waals surface area contributed by atoms with Crippen molar-refractivity contribution in [2.24, 2.45) is 10.7 Å². The Morgan fingerprint density at radius 1 is 1.36 bits per heavy atom. The maximum atomic E-state index is 5.54. The number of nitrogens with two attached hydrogens (primary N) is 1. The minimum Gasteiger partial charge on any atom is -0.462 e. The maximum absolute atomic E-state index is 5.54. The van der Waals surface area contributed by atoms with Crippen LogP contribution in [0.5, 0.6) is 0 Å². The molecule has 0 aromatic carbocycles. The minimum absolute atomic E-state index is 0.454. The van der Waals surface area contributed by atoms with Crippen molar-refractivity contribution in [2.45, 2.75) is 6.92 Å². The second-order valence-electron chi connectivity index (χ2n) is 4.32. The molecule has 0 amide bonds. The van der Waals surface area contributed by atoms with Crippen LogP contribution in [-0.4, -0.2) is 24.4 Å². The smallest absolute Gasteiger partial charge is 0.213 e. The molecule has 3 heterocycles. The summed E-state index contributed by atoms with van der Waals surface area (Å²) in [5, 5.41) is 0. The van der Waals surface area contributed by atoms with Crippen LogP contribution in [-0.2, 0) is 0 Å². The molecule has 0 aliphatic rings. The maximum Gasteiger partial charge on any atom is 0.213 e. The first-order valence-electron chi connectivity index (χ1n) is 6.36. The summed E-state index contributed by atoms with van der Waals surface area (Å²) in [6.07, 6.45) is 6.02. The monoisotopic (exact) mass is 312 g/mol. The summed E-state index contributed by atoms with van der Waals surface area (Å²) in [5.74, 6) is 0.611. The van der Waals surface area contributed by atoms with Gasteiger partial charge in [0.2, 0.25) is 11.3 Å². The van der Waals surface area contributed by atoms with Crippen LogP contribution in [0.15, 0.2) is 46.8 Å². The predicted octanol–water partition coefficient (Wildman–Crippen LogP) is 2.45. The van der Waals surface area contributed by atoms with Gasteiger partial charge in [-0.25, -0.2) is 9.97 Å². The van der Waals surface area contributed by atoms with Crippen LogP contribution in [0.1, 0.15) is 11.3 Å². The zero-order valence-electron chi connectivity index (χ0n) is 11.7. The van der Waals surface area contributed by atoms with Gasteiger partial charge in [-0.3, -0.25) is 4.99 Å². The van der Waals surface area contributed by atoms with Crippen molar-refractivity contribution in [3.05, 3.63) is 48.6 Å². The molecule has 7 nitrogen and oxygen atoms in total. The van der Waals surface area contributed by atoms with Gasteiger partial charge in [-0.1, -0.05) is 6.58 Å². The quantitative estimate of drug-likeness (QED) is 0.742. The van der Waals surface area contributed by atoms with Crippen molar-refractivity contribution in [3.8, 4) is 11.5 Å². The number of furan rings is 1. The first kappa shape index (κ1) is 14.1. The van der Waals surface area contributed by atoms with Gasteiger partial charge in [0, 0.05) is 6.20 Å². The number of aromatic nitrogens is 4. The number of fused-ring (bicyclic) bond motifs is 1. The SMILES string of the molecule is C=C/N=C(\C=C/N)c1nc2nsnc2nc1-c1occc1C. The molecule has 3 aromatic rings. The normalized spacial score (nSPS) is 12.3. The average Bonchev–Trinajstić information content (AvgIpc) is 3.13. The molecule has 0 spiro atoms. The highest BCUT2D eigenvalue weighted by Crippen LogP contribution is 2.27. The highest BCUT2D eigenvalue weighted by atomic mass is 32.1. The molecule has 110 valence electrons. The topological polar surface area (TPSA) is 103 Å². The second-order valence-corrected chi connectivity index (χ2v) is 4.85. The summed E-state index contributed by atoms with van der Waals surface area (Å²) < 4.78 is 13.8. The molecule has 8 heteroatoms. The molecule has 0 atom stereocenters. The minimum atomic E-state index is 0.454. The van der Waals surface area contributed by atoms with E-state index in [1.165, 1.54) is 12.4 Å². The number of nitrogens with zero attached hydrogens (tertiary/aromatic N) is 5. The fourth-order valence-corrected chi connectivity index (χ4v) is 2.40. The Hall–Kier alpha value is -2.87. The van der Waals surface area contributed by atoms with Crippen molar-refractivity contribution in [1.29, 1.82) is 0 Å². The third-order valence-corrected chi connectivity index (χ3v) is 3.43. The van der Waals surface area contributed by atoms with E-state index in [1.54, 1.807) is 12.3 Å². The van der Waals surface area contributed by atoms with E-state index < -0.39 is 0 Å². The second kappa shape index (κ2) is 5.86. The van der Waals surface area contributed by atoms with Gasteiger partial charge in [-0.05, 0) is 30.8 Å². The van der Waals surface area contributed by atoms with Gasteiger partial charge in [-0.2, -0.15) is 8.75 Å². The molecule has 0 fully saturated rings. The van der Waals surface area contributed by atoms with Crippen molar-refractivity contribution < 1.29 is 4.42 Å². The van der Waals surface area contributed by atoms with Crippen LogP contribution in [0, 0.1) is 6.92 Å². The fourth-order valence-electron chi connectivity index (χ4n) is 1.96. The summed E-state index contributed by atoms with van der Waals surface area (Å²) >= 11 is 1.05. The van der Waals surface area contributed by atoms with E-state index in [1.807, 2.05) is 13.0 Å². The largest absolute Gasteiger partial charge is 0.462 e. The van der Waals surface area contributed by atoms with E-state index in [0.29, 0.717) is 34.2 Å². The predicted molar refractivity (Wildman–Crippen MR) is 85.5 cm³/mol. The molecule has 3 aromatic heterocycles. The summed E-state index contributed by atoms with van der Waals surface area (Å²) in [7, 11) is 0. The van der Waals surface area contributed by atoms with Gasteiger partial charge in [0.15, 0.2) is 5.76 Å². The Labute approximate surface area is 130 Å². The van der Waals surface area contributed by atoms with Crippen LogP contribution in [0.25, 0.3) is 22.7 Å². The lowest BCUT2D eigenvalue weighted by atomic mass is 10.1. The molecule has 0 saturated heterocycles. The molecule has 0 bridgehead atoms. The summed E-state index contributed by atoms with van der Waals surface area (Å²) in [5.41, 5.74) is 8.93. The molecule has 3 rings (SSSR count). The average molecular weight is 312 g/mol. The Bertz CT molecular complexity index is 892. The molecular formula is C14H12N6OS. The third kappa shape index (κ3) is 2.40. The lowest BCUT2D eigenvalue weighted by molar-refractivity contribution is 0.578. The van der Waals surface area contributed by atoms with Gasteiger partial charge in [0.05, 0.1) is 23.7 Å². The van der Waals surface area contributed by atoms with Gasteiger partial charge in [0.25, 0.3) is 0 Å². The van der Waals surface area contributed by atoms with Gasteiger partial charge in [0.1, 0.15) is 11.4 Å². The van der Waals surface area contributed by atoms with E-state index >= 15 is 0 Å². The highest BCUT2D eigenvalue weighted by molar-refractivity contribution is 6.99. The van der Waals surface area contributed by atoms with Crippen molar-refractivity contribution in [1.82, 2.24) is 18.7 Å². The Balaban J connectivity index is 2.33. The van der Waals surface area contributed by atoms with Crippen LogP contribution < -0.4 is 5.73 Å². The molecule has 0 unspecified atom stereocenters. The molecule has 0 aliphatic heterocycles. The number of allylic oxidation sites excluding steroid dienone is 1. The van der Waals surface area contributed by atoms with Crippen LogP contribution in [0.2, 0.25) is 0 Å². The summed E-state index contributed by atoms with van der Waals surface area (Å²) in [6.45, 7) is 5.54. The molecular weight excluding hydrogens is 300 g/mol. The lowest BCUT2D eigenvalue weighted by Gasteiger charge is -2.06. The van der Waals surface area contributed by atoms with Crippen molar-refractivity contribution in [3.63, 3.8) is 0 Å². The van der Waals surface area contributed by atoms with Crippen molar-refractivity contribution in [2.75, 3.05) is 0 Å². The zero-order chi connectivity index (χ0) is 15.5. The fraction of sp³-hybridized carbons (Fsp3) is 0.0714. The number of aryl methyl sites for hydroxylation is 1. The molecule has 0 radical (unpaired) electrons. The van der Waals surface area contributed by atoms with Gasteiger partial charge >= 0.3 is 0 Å². The Kier molecular flexibility index (Phi) is 3.75. The highest BCUT2D eigenvalue weighted by Gasteiger charge is 2.20. The summed E-state index contributed by atoms with van der Waals surface area (Å²) in [6, 6.07) is 1.85. The van der Waals surface area contributed by atoms with E-state index in [4.69, 9.17) is 10.2 Å². The zero-order valence-corrected chi connectivity index (χ0v) is 12.5. The first-order chi connectivity index (χ1) is 10.7. The Morgan fingerprint density at radius 3 is 2.77 bits per heavy atom. The van der Waals surface area contributed by atoms with E-state index in [9.17, 15) is 0 Å². The summed E-state index contributed by atoms with van der Waals surface area (Å²) in [4.78, 5) is 13.2. The van der Waals surface area contributed by atoms with E-state index in [-0.39, 0.29) is 0 Å². The molecule has 0 aliphatic carbocycles. The Morgan fingerprint density at radius 2 is 2.14 bits per heavy atom. The van der Waals surface area contributed by atoms with Crippen LogP contribution in [0.4, 0.5) is 0 Å². The van der Waals surface area contributed by atoms with Crippen molar-refractivity contribution >= 4 is 28.7 Å². The number of hydrogen-bond donors (Lipinski definition) is 1. The third-order valence-electron chi connectivity index (χ3n) is 2.92. The van der Waals surface area contributed by atoms with E-state index in [2.05, 4.69) is 30.3 Å². The first-order valence-corrected chi connectivity index (χ1v) is 7.09. The number of rotatable bonds is 4. The molecule has 2 N–H and O–H groups in total. The number of aliphatic imine (C=N–C) groups is 1. The van der Waals surface area contributed by atoms with Gasteiger partial charge in [-0.15, -0.1) is 0 Å².